The second-order valence-electron chi connectivity index (χ2n) is 6.08. The topological polar surface area (TPSA) is 76.0 Å². The molecule has 1 saturated heterocycles. The van der Waals surface area contributed by atoms with Gasteiger partial charge in [0.1, 0.15) is 5.75 Å². The molecule has 5 heteroatoms. The summed E-state index contributed by atoms with van der Waals surface area (Å²) in [4.78, 5) is 10.6. The maximum absolute atomic E-state index is 10.6. The van der Waals surface area contributed by atoms with Crippen LogP contribution in [0.4, 0.5) is 0 Å². The normalized spacial score (nSPS) is 24.1. The second-order valence-corrected chi connectivity index (χ2v) is 6.08. The quantitative estimate of drug-likeness (QED) is 0.690. The predicted octanol–water partition coefficient (Wildman–Crippen LogP) is 4.20. The monoisotopic (exact) mass is 346 g/mol. The molecule has 2 N–H and O–H groups in total. The van der Waals surface area contributed by atoms with Gasteiger partial charge in [-0.2, -0.15) is 0 Å². The third-order valence-corrected chi connectivity index (χ3v) is 4.16. The molecule has 0 aromatic heterocycles. The summed E-state index contributed by atoms with van der Waals surface area (Å²) in [6.45, 7) is 2.48. The number of hydrogen-bond acceptors (Lipinski definition) is 4. The number of aromatic hydroxyl groups is 1. The van der Waals surface area contributed by atoms with Gasteiger partial charge in [0.25, 0.3) is 0 Å². The van der Waals surface area contributed by atoms with Crippen molar-refractivity contribution < 1.29 is 24.5 Å². The first kappa shape index (κ1) is 19.2. The Bertz CT molecular complexity index is 608. The molecule has 136 valence electrons. The third-order valence-electron chi connectivity index (χ3n) is 4.16. The van der Waals surface area contributed by atoms with Crippen LogP contribution in [0, 0.1) is 5.92 Å². The fourth-order valence-electron chi connectivity index (χ4n) is 2.85. The zero-order valence-electron chi connectivity index (χ0n) is 14.5. The van der Waals surface area contributed by atoms with Crippen molar-refractivity contribution in [3.05, 3.63) is 54.1 Å². The summed E-state index contributed by atoms with van der Waals surface area (Å²) < 4.78 is 11.9. The van der Waals surface area contributed by atoms with Crippen LogP contribution in [0.2, 0.25) is 0 Å². The maximum Gasteiger partial charge on any atom is 0.303 e. The zero-order chi connectivity index (χ0) is 18.1. The fourth-order valence-corrected chi connectivity index (χ4v) is 2.85. The number of hydrogen-bond donors (Lipinski definition) is 2. The van der Waals surface area contributed by atoms with Crippen LogP contribution in [0.5, 0.6) is 5.75 Å². The van der Waals surface area contributed by atoms with E-state index in [1.54, 1.807) is 12.1 Å². The molecular weight excluding hydrogens is 320 g/mol. The second kappa shape index (κ2) is 10.0. The van der Waals surface area contributed by atoms with E-state index < -0.39 is 5.97 Å². The summed E-state index contributed by atoms with van der Waals surface area (Å²) in [6, 6.07) is 7.21. The molecule has 1 aliphatic heterocycles. The molecule has 5 nitrogen and oxygen atoms in total. The summed E-state index contributed by atoms with van der Waals surface area (Å²) >= 11 is 0. The molecular formula is C20H26O5. The summed E-state index contributed by atoms with van der Waals surface area (Å²) in [6.07, 6.45) is 9.23. The Labute approximate surface area is 148 Å². The van der Waals surface area contributed by atoms with Crippen LogP contribution in [0.3, 0.4) is 0 Å². The minimum Gasteiger partial charge on any atom is -0.508 e. The number of allylic oxidation sites excluding steroid dienone is 3. The van der Waals surface area contributed by atoms with E-state index in [0.717, 1.165) is 5.56 Å². The molecule has 3 atom stereocenters. The number of ether oxygens (including phenoxy) is 2. The van der Waals surface area contributed by atoms with Crippen molar-refractivity contribution in [1.29, 1.82) is 0 Å². The molecule has 1 unspecified atom stereocenters. The van der Waals surface area contributed by atoms with Gasteiger partial charge in [0.15, 0.2) is 6.29 Å². The molecule has 0 spiro atoms. The van der Waals surface area contributed by atoms with E-state index in [9.17, 15) is 9.90 Å². The van der Waals surface area contributed by atoms with E-state index in [1.165, 1.54) is 0 Å². The Morgan fingerprint density at radius 2 is 2.04 bits per heavy atom. The highest BCUT2D eigenvalue weighted by Gasteiger charge is 2.33. The van der Waals surface area contributed by atoms with Crippen LogP contribution < -0.4 is 0 Å². The number of para-hydroxylation sites is 1. The Morgan fingerprint density at radius 1 is 1.24 bits per heavy atom. The van der Waals surface area contributed by atoms with Gasteiger partial charge in [-0.15, -0.1) is 0 Å². The minimum atomic E-state index is -0.798. The maximum atomic E-state index is 10.6. The van der Waals surface area contributed by atoms with Crippen LogP contribution >= 0.6 is 0 Å². The van der Waals surface area contributed by atoms with E-state index in [1.807, 2.05) is 43.4 Å². The Hall–Kier alpha value is -2.11. The van der Waals surface area contributed by atoms with Crippen LogP contribution in [-0.2, 0) is 14.3 Å². The van der Waals surface area contributed by atoms with Crippen molar-refractivity contribution in [2.24, 2.45) is 5.92 Å². The molecule has 1 heterocycles. The van der Waals surface area contributed by atoms with Crippen molar-refractivity contribution >= 4 is 5.97 Å². The van der Waals surface area contributed by atoms with Crippen LogP contribution in [0.15, 0.2) is 48.6 Å². The number of benzene rings is 1. The lowest BCUT2D eigenvalue weighted by Gasteiger charge is -2.36. The molecule has 1 aromatic carbocycles. The van der Waals surface area contributed by atoms with Gasteiger partial charge in [0.2, 0.25) is 0 Å². The Balaban J connectivity index is 2.05. The highest BCUT2D eigenvalue weighted by atomic mass is 16.7. The number of carbonyl (C=O) groups is 1. The van der Waals surface area contributed by atoms with Gasteiger partial charge < -0.3 is 19.7 Å². The lowest BCUT2D eigenvalue weighted by molar-refractivity contribution is -0.237. The molecule has 0 bridgehead atoms. The largest absolute Gasteiger partial charge is 0.508 e. The van der Waals surface area contributed by atoms with Crippen molar-refractivity contribution in [2.75, 3.05) is 6.61 Å². The van der Waals surface area contributed by atoms with Gasteiger partial charge in [0, 0.05) is 24.3 Å². The smallest absolute Gasteiger partial charge is 0.303 e. The number of phenolic OH excluding ortho intramolecular Hbond substituents is 1. The van der Waals surface area contributed by atoms with Crippen molar-refractivity contribution in [3.8, 4) is 5.75 Å². The molecule has 0 aliphatic carbocycles. The van der Waals surface area contributed by atoms with Gasteiger partial charge in [-0.25, -0.2) is 0 Å². The first-order valence-corrected chi connectivity index (χ1v) is 8.64. The highest BCUT2D eigenvalue weighted by Crippen LogP contribution is 2.39. The van der Waals surface area contributed by atoms with E-state index in [0.29, 0.717) is 25.9 Å². The van der Waals surface area contributed by atoms with Gasteiger partial charge in [-0.05, 0) is 25.8 Å². The van der Waals surface area contributed by atoms with Crippen LogP contribution in [0.25, 0.3) is 0 Å². The van der Waals surface area contributed by atoms with E-state index >= 15 is 0 Å². The van der Waals surface area contributed by atoms with E-state index in [-0.39, 0.29) is 30.5 Å². The number of rotatable bonds is 8. The fraction of sp³-hybridized carbons (Fsp3) is 0.450. The lowest BCUT2D eigenvalue weighted by atomic mass is 9.91. The van der Waals surface area contributed by atoms with Gasteiger partial charge in [-0.1, -0.05) is 42.5 Å². The predicted molar refractivity (Wildman–Crippen MR) is 95.2 cm³/mol. The molecule has 0 amide bonds. The number of aliphatic carboxylic acids is 1. The standard InChI is InChI=1S/C20H26O5/c1-2-3-13-19-24-14-15(9-5-4-6-12-18(22)23)20(25-19)16-10-7-8-11-17(16)21/h2-5,7-8,10-11,15,19-21H,6,9,12-14H2,1H3,(H,22,23)/b3-2+,5-4-/t15-,19?,20+/m1/s1. The first-order chi connectivity index (χ1) is 12.1. The average Bonchev–Trinajstić information content (AvgIpc) is 2.60. The van der Waals surface area contributed by atoms with Gasteiger partial charge in [-0.3, -0.25) is 4.79 Å². The van der Waals surface area contributed by atoms with Crippen LogP contribution in [0.1, 0.15) is 44.3 Å². The zero-order valence-corrected chi connectivity index (χ0v) is 14.5. The highest BCUT2D eigenvalue weighted by molar-refractivity contribution is 5.66. The molecule has 25 heavy (non-hydrogen) atoms. The first-order valence-electron chi connectivity index (χ1n) is 8.64. The Kier molecular flexibility index (Phi) is 7.70. The summed E-state index contributed by atoms with van der Waals surface area (Å²) in [5.74, 6) is -0.511. The molecule has 1 aromatic rings. The van der Waals surface area contributed by atoms with E-state index in [4.69, 9.17) is 14.6 Å². The number of carboxylic acid groups (broad SMARTS) is 1. The van der Waals surface area contributed by atoms with Crippen molar-refractivity contribution in [3.63, 3.8) is 0 Å². The van der Waals surface area contributed by atoms with Crippen molar-refractivity contribution in [1.82, 2.24) is 0 Å². The number of phenols is 1. The third kappa shape index (κ3) is 6.03. The van der Waals surface area contributed by atoms with Gasteiger partial charge in [0.05, 0.1) is 12.7 Å². The summed E-state index contributed by atoms with van der Waals surface area (Å²) in [5, 5.41) is 18.9. The molecule has 1 aliphatic rings. The summed E-state index contributed by atoms with van der Waals surface area (Å²) in [5.41, 5.74) is 0.764. The van der Waals surface area contributed by atoms with Crippen molar-refractivity contribution in [2.45, 2.75) is 45.0 Å². The Morgan fingerprint density at radius 3 is 2.76 bits per heavy atom. The lowest BCUT2D eigenvalue weighted by Crippen LogP contribution is -2.34. The van der Waals surface area contributed by atoms with E-state index in [2.05, 4.69) is 0 Å². The van der Waals surface area contributed by atoms with Crippen LogP contribution in [-0.4, -0.2) is 29.1 Å². The molecule has 2 rings (SSSR count). The SMILES string of the molecule is C/C=C/CC1OC[C@@H](C/C=C\CCC(=O)O)[C@@H](c2ccccc2O)O1. The molecule has 0 radical (unpaired) electrons. The molecule has 1 fully saturated rings. The number of carboxylic acids is 1. The van der Waals surface area contributed by atoms with Gasteiger partial charge >= 0.3 is 5.97 Å². The average molecular weight is 346 g/mol. The molecule has 0 saturated carbocycles. The summed E-state index contributed by atoms with van der Waals surface area (Å²) in [7, 11) is 0. The minimum absolute atomic E-state index is 0.0660.